The van der Waals surface area contributed by atoms with Crippen molar-refractivity contribution in [1.82, 2.24) is 10.7 Å². The lowest BCUT2D eigenvalue weighted by Crippen LogP contribution is -2.32. The summed E-state index contributed by atoms with van der Waals surface area (Å²) in [5, 5.41) is 18.6. The van der Waals surface area contributed by atoms with Crippen molar-refractivity contribution in [3.8, 4) is 5.75 Å². The molecule has 30 heavy (non-hydrogen) atoms. The summed E-state index contributed by atoms with van der Waals surface area (Å²) in [5.74, 6) is -0.896. The van der Waals surface area contributed by atoms with Gasteiger partial charge in [0.25, 0.3) is 11.8 Å². The number of rotatable bonds is 6. The number of carbonyl (C=O) groups excluding carboxylic acids is 2. The van der Waals surface area contributed by atoms with Gasteiger partial charge in [0.15, 0.2) is 0 Å². The lowest BCUT2D eigenvalue weighted by Gasteiger charge is -2.09. The average Bonchev–Trinajstić information content (AvgIpc) is 3.24. The van der Waals surface area contributed by atoms with Crippen molar-refractivity contribution < 1.29 is 14.7 Å². The van der Waals surface area contributed by atoms with Crippen LogP contribution in [0.5, 0.6) is 5.75 Å². The molecule has 0 fully saturated rings. The lowest BCUT2D eigenvalue weighted by atomic mass is 10.2. The third-order valence-electron chi connectivity index (χ3n) is 3.79. The maximum atomic E-state index is 12.7. The molecule has 1 heterocycles. The Bertz CT molecular complexity index is 1110. The van der Waals surface area contributed by atoms with E-state index >= 15 is 0 Å². The summed E-state index contributed by atoms with van der Waals surface area (Å²) in [6.45, 7) is 0. The molecule has 0 spiro atoms. The first-order chi connectivity index (χ1) is 14.4. The van der Waals surface area contributed by atoms with Crippen LogP contribution < -0.4 is 10.7 Å². The standard InChI is InChI=1S/C21H15I2N3O3S/c22-15-9-14(19(27)17(23)10-15)12-24-26-21(29)18(11-16-7-4-8-30-16)25-20(28)13-5-2-1-3-6-13/h1-12,27H,(H,25,28)(H,26,29)/b18-11+,24-12+. The number of carbonyl (C=O) groups is 2. The topological polar surface area (TPSA) is 90.8 Å². The molecule has 2 aromatic carbocycles. The number of aromatic hydroxyl groups is 1. The van der Waals surface area contributed by atoms with Crippen LogP contribution >= 0.6 is 56.5 Å². The third-order valence-corrected chi connectivity index (χ3v) is 6.05. The Morgan fingerprint density at radius 1 is 1.07 bits per heavy atom. The number of halogens is 2. The van der Waals surface area contributed by atoms with E-state index in [1.54, 1.807) is 36.4 Å². The van der Waals surface area contributed by atoms with E-state index in [9.17, 15) is 14.7 Å². The Labute approximate surface area is 204 Å². The minimum Gasteiger partial charge on any atom is -0.506 e. The highest BCUT2D eigenvalue weighted by molar-refractivity contribution is 14.1. The molecule has 3 N–H and O–H groups in total. The van der Waals surface area contributed by atoms with E-state index in [1.807, 2.05) is 52.2 Å². The van der Waals surface area contributed by atoms with Gasteiger partial charge in [-0.1, -0.05) is 24.3 Å². The van der Waals surface area contributed by atoms with Crippen LogP contribution in [0, 0.1) is 7.14 Å². The number of benzene rings is 2. The van der Waals surface area contributed by atoms with E-state index in [4.69, 9.17) is 0 Å². The highest BCUT2D eigenvalue weighted by Crippen LogP contribution is 2.25. The zero-order chi connectivity index (χ0) is 21.5. The van der Waals surface area contributed by atoms with Gasteiger partial charge in [0.2, 0.25) is 0 Å². The Morgan fingerprint density at radius 3 is 2.53 bits per heavy atom. The SMILES string of the molecule is O=C(N/N=C/c1cc(I)cc(I)c1O)/C(=C\c1cccs1)NC(=O)c1ccccc1. The van der Waals surface area contributed by atoms with Gasteiger partial charge in [-0.25, -0.2) is 5.43 Å². The number of phenolic OH excluding ortho intramolecular Hbond substituents is 1. The Kier molecular flexibility index (Phi) is 7.99. The maximum absolute atomic E-state index is 12.7. The normalized spacial score (nSPS) is 11.5. The molecule has 0 aliphatic heterocycles. The summed E-state index contributed by atoms with van der Waals surface area (Å²) in [6.07, 6.45) is 2.95. The predicted octanol–water partition coefficient (Wildman–Crippen LogP) is 4.58. The molecule has 9 heteroatoms. The second-order valence-electron chi connectivity index (χ2n) is 5.92. The van der Waals surface area contributed by atoms with Crippen LogP contribution in [0.15, 0.2) is 70.8 Å². The molecule has 0 saturated heterocycles. The first-order valence-corrected chi connectivity index (χ1v) is 11.6. The number of hydrogen-bond acceptors (Lipinski definition) is 5. The fourth-order valence-electron chi connectivity index (χ4n) is 2.36. The van der Waals surface area contributed by atoms with E-state index < -0.39 is 11.8 Å². The van der Waals surface area contributed by atoms with Gasteiger partial charge >= 0.3 is 0 Å². The van der Waals surface area contributed by atoms with Gasteiger partial charge in [-0.15, -0.1) is 11.3 Å². The van der Waals surface area contributed by atoms with Gasteiger partial charge in [0, 0.05) is 19.6 Å². The molecule has 6 nitrogen and oxygen atoms in total. The zero-order valence-corrected chi connectivity index (χ0v) is 20.4. The molecular formula is C21H15I2N3O3S. The largest absolute Gasteiger partial charge is 0.506 e. The number of hydrogen-bond donors (Lipinski definition) is 3. The van der Waals surface area contributed by atoms with Crippen LogP contribution in [-0.4, -0.2) is 23.1 Å². The number of amides is 2. The second-order valence-corrected chi connectivity index (χ2v) is 9.31. The molecular weight excluding hydrogens is 628 g/mol. The number of nitrogens with zero attached hydrogens (tertiary/aromatic N) is 1. The van der Waals surface area contributed by atoms with Crippen LogP contribution in [0.2, 0.25) is 0 Å². The van der Waals surface area contributed by atoms with E-state index in [-0.39, 0.29) is 11.4 Å². The molecule has 3 rings (SSSR count). The summed E-state index contributed by atoms with van der Waals surface area (Å²) in [6, 6.07) is 15.9. The number of phenols is 1. The van der Waals surface area contributed by atoms with Gasteiger partial charge in [-0.2, -0.15) is 5.10 Å². The Morgan fingerprint density at radius 2 is 1.83 bits per heavy atom. The first kappa shape index (κ1) is 22.4. The highest BCUT2D eigenvalue weighted by Gasteiger charge is 2.14. The molecule has 3 aromatic rings. The monoisotopic (exact) mass is 643 g/mol. The van der Waals surface area contributed by atoms with Crippen molar-refractivity contribution in [2.45, 2.75) is 0 Å². The van der Waals surface area contributed by atoms with Crippen LogP contribution in [0.3, 0.4) is 0 Å². The Hall–Kier alpha value is -2.25. The third kappa shape index (κ3) is 6.12. The van der Waals surface area contributed by atoms with Gasteiger partial charge in [0.1, 0.15) is 11.4 Å². The van der Waals surface area contributed by atoms with Crippen molar-refractivity contribution >= 4 is 80.6 Å². The van der Waals surface area contributed by atoms with Crippen molar-refractivity contribution in [3.05, 3.63) is 88.8 Å². The molecule has 0 radical (unpaired) electrons. The molecule has 0 saturated carbocycles. The van der Waals surface area contributed by atoms with Crippen LogP contribution in [-0.2, 0) is 4.79 Å². The fourth-order valence-corrected chi connectivity index (χ4v) is 4.91. The van der Waals surface area contributed by atoms with Crippen LogP contribution in [0.1, 0.15) is 20.8 Å². The molecule has 0 aliphatic carbocycles. The number of nitrogens with one attached hydrogen (secondary N) is 2. The summed E-state index contributed by atoms with van der Waals surface area (Å²) in [5.41, 5.74) is 3.37. The summed E-state index contributed by atoms with van der Waals surface area (Å²) in [7, 11) is 0. The average molecular weight is 643 g/mol. The molecule has 152 valence electrons. The predicted molar refractivity (Wildman–Crippen MR) is 135 cm³/mol. The minimum atomic E-state index is -0.580. The molecule has 0 bridgehead atoms. The number of hydrazone groups is 1. The summed E-state index contributed by atoms with van der Waals surface area (Å²) >= 11 is 5.59. The van der Waals surface area contributed by atoms with Gasteiger partial charge in [-0.05, 0) is 87.0 Å². The van der Waals surface area contributed by atoms with Gasteiger partial charge in [0.05, 0.1) is 9.78 Å². The molecule has 2 amide bonds. The molecule has 1 aromatic heterocycles. The van der Waals surface area contributed by atoms with Crippen LogP contribution in [0.4, 0.5) is 0 Å². The molecule has 0 aliphatic rings. The van der Waals surface area contributed by atoms with E-state index in [0.717, 1.165) is 8.45 Å². The van der Waals surface area contributed by atoms with Crippen molar-refractivity contribution in [3.63, 3.8) is 0 Å². The number of thiophene rings is 1. The lowest BCUT2D eigenvalue weighted by molar-refractivity contribution is -0.117. The van der Waals surface area contributed by atoms with E-state index in [0.29, 0.717) is 14.7 Å². The smallest absolute Gasteiger partial charge is 0.287 e. The Balaban J connectivity index is 1.78. The highest BCUT2D eigenvalue weighted by atomic mass is 127. The van der Waals surface area contributed by atoms with E-state index in [2.05, 4.69) is 38.4 Å². The van der Waals surface area contributed by atoms with E-state index in [1.165, 1.54) is 17.6 Å². The van der Waals surface area contributed by atoms with Gasteiger partial charge in [-0.3, -0.25) is 9.59 Å². The zero-order valence-electron chi connectivity index (χ0n) is 15.3. The first-order valence-electron chi connectivity index (χ1n) is 8.57. The van der Waals surface area contributed by atoms with Crippen molar-refractivity contribution in [2.75, 3.05) is 0 Å². The molecule has 0 atom stereocenters. The fraction of sp³-hybridized carbons (Fsp3) is 0. The van der Waals surface area contributed by atoms with Crippen molar-refractivity contribution in [2.24, 2.45) is 5.10 Å². The second kappa shape index (κ2) is 10.7. The van der Waals surface area contributed by atoms with Crippen molar-refractivity contribution in [1.29, 1.82) is 0 Å². The molecule has 0 unspecified atom stereocenters. The summed E-state index contributed by atoms with van der Waals surface area (Å²) < 4.78 is 1.61. The summed E-state index contributed by atoms with van der Waals surface area (Å²) in [4.78, 5) is 26.0. The maximum Gasteiger partial charge on any atom is 0.287 e. The van der Waals surface area contributed by atoms with Crippen LogP contribution in [0.25, 0.3) is 6.08 Å². The minimum absolute atomic E-state index is 0.0601. The van der Waals surface area contributed by atoms with Gasteiger partial charge < -0.3 is 10.4 Å². The quantitative estimate of drug-likeness (QED) is 0.159.